The summed E-state index contributed by atoms with van der Waals surface area (Å²) in [5.41, 5.74) is 5.45. The van der Waals surface area contributed by atoms with Gasteiger partial charge in [0.25, 0.3) is 0 Å². The molecule has 2 aromatic rings. The first-order chi connectivity index (χ1) is 6.70. The van der Waals surface area contributed by atoms with Crippen LogP contribution in [0.5, 0.6) is 0 Å². The Hall–Kier alpha value is -1.62. The van der Waals surface area contributed by atoms with Gasteiger partial charge in [0.05, 0.1) is 6.54 Å². The molecule has 0 aliphatic carbocycles. The molecule has 5 nitrogen and oxygen atoms in total. The molecule has 0 aliphatic rings. The number of aryl methyl sites for hydroxylation is 2. The number of nitrogens with zero attached hydrogens (tertiary/aromatic N) is 3. The molecule has 0 amide bonds. The van der Waals surface area contributed by atoms with E-state index in [1.165, 1.54) is 0 Å². The van der Waals surface area contributed by atoms with Crippen molar-refractivity contribution < 1.29 is 4.42 Å². The molecule has 0 saturated heterocycles. The topological polar surface area (TPSA) is 69.9 Å². The highest BCUT2D eigenvalue weighted by atomic mass is 16.4. The second-order valence-corrected chi connectivity index (χ2v) is 3.06. The molecular formula is C9H12N4O. The Morgan fingerprint density at radius 1 is 1.43 bits per heavy atom. The van der Waals surface area contributed by atoms with Crippen molar-refractivity contribution in [3.63, 3.8) is 0 Å². The Morgan fingerprint density at radius 2 is 2.21 bits per heavy atom. The number of hydrogen-bond donors (Lipinski definition) is 1. The van der Waals surface area contributed by atoms with Crippen LogP contribution in [0.2, 0.25) is 0 Å². The summed E-state index contributed by atoms with van der Waals surface area (Å²) in [5, 5.41) is 4.20. The van der Waals surface area contributed by atoms with Gasteiger partial charge in [-0.15, -0.1) is 5.10 Å². The number of hydrogen-bond acceptors (Lipinski definition) is 4. The first kappa shape index (κ1) is 8.96. The summed E-state index contributed by atoms with van der Waals surface area (Å²) in [4.78, 5) is 4.18. The lowest BCUT2D eigenvalue weighted by Gasteiger charge is -1.96. The highest BCUT2D eigenvalue weighted by Crippen LogP contribution is 2.13. The normalized spacial score (nSPS) is 10.8. The van der Waals surface area contributed by atoms with Gasteiger partial charge in [-0.1, -0.05) is 0 Å². The van der Waals surface area contributed by atoms with E-state index in [1.54, 1.807) is 4.68 Å². The van der Waals surface area contributed by atoms with Crippen molar-refractivity contribution in [1.29, 1.82) is 0 Å². The number of rotatable bonds is 2. The quantitative estimate of drug-likeness (QED) is 0.768. The van der Waals surface area contributed by atoms with Crippen LogP contribution in [0.15, 0.2) is 16.5 Å². The van der Waals surface area contributed by atoms with Crippen LogP contribution in [0.4, 0.5) is 0 Å². The molecule has 0 aliphatic heterocycles. The molecule has 2 aromatic heterocycles. The highest BCUT2D eigenvalue weighted by molar-refractivity contribution is 5.21. The van der Waals surface area contributed by atoms with Gasteiger partial charge in [0.1, 0.15) is 17.4 Å². The number of aromatic nitrogens is 3. The molecule has 0 unspecified atom stereocenters. The van der Waals surface area contributed by atoms with E-state index in [4.69, 9.17) is 10.2 Å². The van der Waals surface area contributed by atoms with Crippen molar-refractivity contribution in [3.8, 4) is 5.88 Å². The van der Waals surface area contributed by atoms with Gasteiger partial charge in [0, 0.05) is 6.07 Å². The summed E-state index contributed by atoms with van der Waals surface area (Å²) in [6, 6.07) is 3.68. The molecule has 14 heavy (non-hydrogen) atoms. The Balaban J connectivity index is 2.43. The third kappa shape index (κ3) is 1.42. The van der Waals surface area contributed by atoms with Gasteiger partial charge in [0.15, 0.2) is 0 Å². The Bertz CT molecular complexity index is 443. The minimum absolute atomic E-state index is 0.396. The Morgan fingerprint density at radius 3 is 2.71 bits per heavy atom. The summed E-state index contributed by atoms with van der Waals surface area (Å²) in [6.45, 7) is 4.12. The van der Waals surface area contributed by atoms with Crippen LogP contribution in [0.3, 0.4) is 0 Å². The zero-order valence-electron chi connectivity index (χ0n) is 8.19. The van der Waals surface area contributed by atoms with E-state index in [2.05, 4.69) is 10.1 Å². The first-order valence-electron chi connectivity index (χ1n) is 4.40. The molecule has 0 fully saturated rings. The van der Waals surface area contributed by atoms with E-state index >= 15 is 0 Å². The van der Waals surface area contributed by atoms with Crippen molar-refractivity contribution >= 4 is 0 Å². The second-order valence-electron chi connectivity index (χ2n) is 3.06. The van der Waals surface area contributed by atoms with Crippen molar-refractivity contribution in [2.24, 2.45) is 5.73 Å². The molecule has 2 N–H and O–H groups in total. The van der Waals surface area contributed by atoms with Gasteiger partial charge in [-0.25, -0.2) is 4.98 Å². The maximum Gasteiger partial charge on any atom is 0.221 e. The summed E-state index contributed by atoms with van der Waals surface area (Å²) >= 11 is 0. The number of nitrogens with two attached hydrogens (primary N) is 1. The standard InChI is InChI=1S/C9H12N4O/c1-6-11-7(2)13(12-6)9-4-3-8(5-10)14-9/h3-4H,5,10H2,1-2H3. The summed E-state index contributed by atoms with van der Waals surface area (Å²) in [7, 11) is 0. The van der Waals surface area contributed by atoms with Gasteiger partial charge in [0.2, 0.25) is 5.88 Å². The lowest BCUT2D eigenvalue weighted by Crippen LogP contribution is -1.98. The summed E-state index contributed by atoms with van der Waals surface area (Å²) in [5.74, 6) is 2.93. The van der Waals surface area contributed by atoms with E-state index in [0.717, 1.165) is 17.4 Å². The molecule has 2 rings (SSSR count). The Kier molecular flexibility index (Phi) is 2.09. The summed E-state index contributed by atoms with van der Waals surface area (Å²) in [6.07, 6.45) is 0. The molecule has 0 spiro atoms. The fourth-order valence-corrected chi connectivity index (χ4v) is 1.32. The largest absolute Gasteiger partial charge is 0.442 e. The average Bonchev–Trinajstić information content (AvgIpc) is 2.71. The predicted molar refractivity (Wildman–Crippen MR) is 51.0 cm³/mol. The molecule has 0 aromatic carbocycles. The van der Waals surface area contributed by atoms with Crippen LogP contribution >= 0.6 is 0 Å². The van der Waals surface area contributed by atoms with Gasteiger partial charge < -0.3 is 10.2 Å². The second kappa shape index (κ2) is 3.26. The number of furan rings is 1. The Labute approximate surface area is 81.5 Å². The molecule has 0 radical (unpaired) electrons. The lowest BCUT2D eigenvalue weighted by atomic mass is 10.4. The molecule has 0 atom stereocenters. The minimum Gasteiger partial charge on any atom is -0.442 e. The minimum atomic E-state index is 0.396. The maximum absolute atomic E-state index is 5.45. The molecule has 2 heterocycles. The van der Waals surface area contributed by atoms with Gasteiger partial charge >= 0.3 is 0 Å². The summed E-state index contributed by atoms with van der Waals surface area (Å²) < 4.78 is 7.11. The molecule has 0 bridgehead atoms. The van der Waals surface area contributed by atoms with E-state index in [-0.39, 0.29) is 0 Å². The monoisotopic (exact) mass is 192 g/mol. The van der Waals surface area contributed by atoms with E-state index in [1.807, 2.05) is 26.0 Å². The fraction of sp³-hybridized carbons (Fsp3) is 0.333. The third-order valence-corrected chi connectivity index (χ3v) is 1.93. The molecule has 74 valence electrons. The smallest absolute Gasteiger partial charge is 0.221 e. The zero-order chi connectivity index (χ0) is 10.1. The SMILES string of the molecule is Cc1nc(C)n(-c2ccc(CN)o2)n1. The third-order valence-electron chi connectivity index (χ3n) is 1.93. The maximum atomic E-state index is 5.45. The zero-order valence-corrected chi connectivity index (χ0v) is 8.19. The average molecular weight is 192 g/mol. The predicted octanol–water partition coefficient (Wildman–Crippen LogP) is 0.936. The van der Waals surface area contributed by atoms with Crippen LogP contribution in [0, 0.1) is 13.8 Å². The van der Waals surface area contributed by atoms with Gasteiger partial charge in [-0.3, -0.25) is 0 Å². The van der Waals surface area contributed by atoms with Crippen LogP contribution in [0.25, 0.3) is 5.88 Å². The van der Waals surface area contributed by atoms with Crippen molar-refractivity contribution in [2.75, 3.05) is 0 Å². The highest BCUT2D eigenvalue weighted by Gasteiger charge is 2.08. The fourth-order valence-electron chi connectivity index (χ4n) is 1.32. The lowest BCUT2D eigenvalue weighted by molar-refractivity contribution is 0.476. The molecule has 0 saturated carbocycles. The van der Waals surface area contributed by atoms with Gasteiger partial charge in [-0.05, 0) is 19.9 Å². The van der Waals surface area contributed by atoms with E-state index in [9.17, 15) is 0 Å². The van der Waals surface area contributed by atoms with Crippen molar-refractivity contribution in [3.05, 3.63) is 29.5 Å². The van der Waals surface area contributed by atoms with Crippen LogP contribution in [-0.2, 0) is 6.54 Å². The van der Waals surface area contributed by atoms with E-state index < -0.39 is 0 Å². The van der Waals surface area contributed by atoms with E-state index in [0.29, 0.717) is 12.4 Å². The molecule has 5 heteroatoms. The van der Waals surface area contributed by atoms with Crippen molar-refractivity contribution in [2.45, 2.75) is 20.4 Å². The van der Waals surface area contributed by atoms with Crippen molar-refractivity contribution in [1.82, 2.24) is 14.8 Å². The van der Waals surface area contributed by atoms with Crippen LogP contribution in [0.1, 0.15) is 17.4 Å². The first-order valence-corrected chi connectivity index (χ1v) is 4.40. The van der Waals surface area contributed by atoms with Crippen LogP contribution in [-0.4, -0.2) is 14.8 Å². The molecular weight excluding hydrogens is 180 g/mol. The van der Waals surface area contributed by atoms with Gasteiger partial charge in [-0.2, -0.15) is 4.68 Å². The van der Waals surface area contributed by atoms with Crippen LogP contribution < -0.4 is 5.73 Å².